The Kier molecular flexibility index (Phi) is 5.77. The summed E-state index contributed by atoms with van der Waals surface area (Å²) >= 11 is 7.73. The molecule has 0 atom stereocenters. The van der Waals surface area contributed by atoms with Crippen molar-refractivity contribution in [2.75, 3.05) is 0 Å². The Balaban J connectivity index is 1.93. The Morgan fingerprint density at radius 1 is 0.938 bits per heavy atom. The van der Waals surface area contributed by atoms with E-state index >= 15 is 0 Å². The number of hydrogen-bond donors (Lipinski definition) is 0. The van der Waals surface area contributed by atoms with Gasteiger partial charge in [-0.05, 0) is 35.2 Å². The lowest BCUT2D eigenvalue weighted by atomic mass is 9.88. The molecule has 0 fully saturated rings. The summed E-state index contributed by atoms with van der Waals surface area (Å²) in [5.74, 6) is -0.428. The van der Waals surface area contributed by atoms with Gasteiger partial charge in [0.05, 0.1) is 5.39 Å². The highest BCUT2D eigenvalue weighted by atomic mass is 35.5. The van der Waals surface area contributed by atoms with Crippen molar-refractivity contribution in [2.45, 2.75) is 32.5 Å². The number of benzene rings is 2. The molecule has 9 heteroatoms. The molecule has 0 N–H and O–H groups in total. The number of para-hydroxylation sites is 2. The van der Waals surface area contributed by atoms with Crippen LogP contribution in [0.3, 0.4) is 0 Å². The van der Waals surface area contributed by atoms with Gasteiger partial charge in [0.25, 0.3) is 0 Å². The largest absolute Gasteiger partial charge is 0.573 e. The van der Waals surface area contributed by atoms with Gasteiger partial charge in [-0.15, -0.1) is 24.5 Å². The van der Waals surface area contributed by atoms with Crippen LogP contribution >= 0.6 is 22.9 Å². The first-order chi connectivity index (χ1) is 15.0. The second kappa shape index (κ2) is 8.26. The van der Waals surface area contributed by atoms with E-state index in [9.17, 15) is 13.2 Å². The Bertz CT molecular complexity index is 1280. The zero-order chi connectivity index (χ0) is 23.1. The van der Waals surface area contributed by atoms with E-state index in [0.29, 0.717) is 15.2 Å². The van der Waals surface area contributed by atoms with Crippen molar-refractivity contribution in [1.29, 1.82) is 0 Å². The van der Waals surface area contributed by atoms with Gasteiger partial charge in [-0.2, -0.15) is 0 Å². The minimum atomic E-state index is -4.85. The number of thiophene rings is 1. The Morgan fingerprint density at radius 3 is 2.31 bits per heavy atom. The maximum atomic E-state index is 12.9. The SMILES string of the molecule is CC(C)(C)c1sc2ncnc(Oc3ccccc3OC(F)(F)F)c2c1-c1cccc(Cl)c1. The molecule has 0 aliphatic rings. The minimum absolute atomic E-state index is 0.106. The van der Waals surface area contributed by atoms with Crippen molar-refractivity contribution < 1.29 is 22.6 Å². The molecule has 0 aliphatic carbocycles. The first-order valence-corrected chi connectivity index (χ1v) is 10.8. The number of ether oxygens (including phenoxy) is 2. The normalized spacial score (nSPS) is 12.2. The van der Waals surface area contributed by atoms with Gasteiger partial charge in [-0.25, -0.2) is 9.97 Å². The second-order valence-corrected chi connectivity index (χ2v) is 9.46. The maximum Gasteiger partial charge on any atom is 0.573 e. The van der Waals surface area contributed by atoms with Crippen LogP contribution in [0.25, 0.3) is 21.3 Å². The molecule has 0 spiro atoms. The molecule has 4 nitrogen and oxygen atoms in total. The number of fused-ring (bicyclic) bond motifs is 1. The third kappa shape index (κ3) is 4.66. The van der Waals surface area contributed by atoms with E-state index in [1.807, 2.05) is 18.2 Å². The van der Waals surface area contributed by atoms with E-state index in [0.717, 1.165) is 16.0 Å². The van der Waals surface area contributed by atoms with Gasteiger partial charge in [0, 0.05) is 15.5 Å². The molecule has 0 amide bonds. The van der Waals surface area contributed by atoms with Gasteiger partial charge in [0.15, 0.2) is 11.5 Å². The van der Waals surface area contributed by atoms with Crippen LogP contribution in [0.15, 0.2) is 54.9 Å². The number of rotatable bonds is 4. The Hall–Kier alpha value is -2.84. The molecule has 2 heterocycles. The zero-order valence-electron chi connectivity index (χ0n) is 17.3. The third-order valence-corrected chi connectivity index (χ3v) is 6.29. The monoisotopic (exact) mass is 478 g/mol. The van der Waals surface area contributed by atoms with Crippen molar-refractivity contribution in [3.05, 3.63) is 64.8 Å². The average Bonchev–Trinajstić information content (AvgIpc) is 3.10. The highest BCUT2D eigenvalue weighted by Crippen LogP contribution is 2.48. The molecule has 0 saturated carbocycles. The number of halogens is 4. The molecule has 166 valence electrons. The first-order valence-electron chi connectivity index (χ1n) is 9.59. The summed E-state index contributed by atoms with van der Waals surface area (Å²) in [6.07, 6.45) is -3.52. The van der Waals surface area contributed by atoms with E-state index < -0.39 is 12.1 Å². The van der Waals surface area contributed by atoms with Crippen molar-refractivity contribution in [2.24, 2.45) is 0 Å². The highest BCUT2D eigenvalue weighted by Gasteiger charge is 2.33. The minimum Gasteiger partial charge on any atom is -0.434 e. The number of hydrogen-bond acceptors (Lipinski definition) is 5. The van der Waals surface area contributed by atoms with E-state index in [2.05, 4.69) is 35.5 Å². The molecule has 0 unspecified atom stereocenters. The molecule has 32 heavy (non-hydrogen) atoms. The molecular weight excluding hydrogens is 461 g/mol. The van der Waals surface area contributed by atoms with Gasteiger partial charge in [-0.1, -0.05) is 56.6 Å². The first kappa shape index (κ1) is 22.4. The van der Waals surface area contributed by atoms with Crippen molar-refractivity contribution in [3.63, 3.8) is 0 Å². The molecule has 2 aromatic heterocycles. The lowest BCUT2D eigenvalue weighted by Gasteiger charge is -2.19. The van der Waals surface area contributed by atoms with Crippen LogP contribution in [0.2, 0.25) is 5.02 Å². The number of nitrogens with zero attached hydrogens (tertiary/aromatic N) is 2. The van der Waals surface area contributed by atoms with Gasteiger partial charge in [0.2, 0.25) is 5.88 Å². The van der Waals surface area contributed by atoms with Crippen molar-refractivity contribution in [1.82, 2.24) is 9.97 Å². The summed E-state index contributed by atoms with van der Waals surface area (Å²) in [5.41, 5.74) is 1.44. The zero-order valence-corrected chi connectivity index (χ0v) is 18.9. The van der Waals surface area contributed by atoms with Crippen molar-refractivity contribution in [3.8, 4) is 28.5 Å². The summed E-state index contributed by atoms with van der Waals surface area (Å²) in [4.78, 5) is 10.3. The molecule has 2 aromatic carbocycles. The number of aromatic nitrogens is 2. The van der Waals surface area contributed by atoms with E-state index in [-0.39, 0.29) is 17.0 Å². The van der Waals surface area contributed by atoms with Crippen LogP contribution in [0.4, 0.5) is 13.2 Å². The number of alkyl halides is 3. The highest BCUT2D eigenvalue weighted by molar-refractivity contribution is 7.19. The molecule has 4 rings (SSSR count). The van der Waals surface area contributed by atoms with Crippen molar-refractivity contribution >= 4 is 33.2 Å². The standard InChI is InChI=1S/C23H18ClF3N2O2S/c1-22(2,3)19-17(13-7-6-8-14(24)11-13)18-20(28-12-29-21(18)32-19)30-15-9-4-5-10-16(15)31-23(25,26)27/h4-12H,1-3H3. The predicted molar refractivity (Wildman–Crippen MR) is 120 cm³/mol. The maximum absolute atomic E-state index is 12.9. The summed E-state index contributed by atoms with van der Waals surface area (Å²) in [7, 11) is 0. The lowest BCUT2D eigenvalue weighted by molar-refractivity contribution is -0.275. The Labute approximate surface area is 191 Å². The van der Waals surface area contributed by atoms with Gasteiger partial charge < -0.3 is 9.47 Å². The van der Waals surface area contributed by atoms with E-state index in [4.69, 9.17) is 16.3 Å². The predicted octanol–water partition coefficient (Wildman–Crippen LogP) is 8.00. The van der Waals surface area contributed by atoms with Crippen LogP contribution in [0.1, 0.15) is 25.6 Å². The fraction of sp³-hybridized carbons (Fsp3) is 0.217. The molecule has 0 radical (unpaired) electrons. The molecule has 0 aliphatic heterocycles. The smallest absolute Gasteiger partial charge is 0.434 e. The van der Waals surface area contributed by atoms with Crippen LogP contribution in [-0.4, -0.2) is 16.3 Å². The molecule has 0 saturated heterocycles. The molecular formula is C23H18ClF3N2O2S. The van der Waals surface area contributed by atoms with E-state index in [1.165, 1.54) is 35.9 Å². The van der Waals surface area contributed by atoms with Crippen LogP contribution in [0.5, 0.6) is 17.4 Å². The van der Waals surface area contributed by atoms with Crippen LogP contribution in [0, 0.1) is 0 Å². The fourth-order valence-electron chi connectivity index (χ4n) is 3.28. The average molecular weight is 479 g/mol. The topological polar surface area (TPSA) is 44.2 Å². The summed E-state index contributed by atoms with van der Waals surface area (Å²) < 4.78 is 48.6. The fourth-order valence-corrected chi connectivity index (χ4v) is 4.68. The summed E-state index contributed by atoms with van der Waals surface area (Å²) in [5, 5.41) is 1.16. The second-order valence-electron chi connectivity index (χ2n) is 8.02. The van der Waals surface area contributed by atoms with E-state index in [1.54, 1.807) is 12.1 Å². The van der Waals surface area contributed by atoms with Gasteiger partial charge in [-0.3, -0.25) is 0 Å². The summed E-state index contributed by atoms with van der Waals surface area (Å²) in [6, 6.07) is 12.9. The lowest BCUT2D eigenvalue weighted by Crippen LogP contribution is -2.17. The quantitative estimate of drug-likeness (QED) is 0.298. The van der Waals surface area contributed by atoms with Gasteiger partial charge >= 0.3 is 6.36 Å². The summed E-state index contributed by atoms with van der Waals surface area (Å²) in [6.45, 7) is 6.23. The van der Waals surface area contributed by atoms with Gasteiger partial charge in [0.1, 0.15) is 11.2 Å². The molecule has 0 bridgehead atoms. The molecule has 4 aromatic rings. The Morgan fingerprint density at radius 2 is 1.66 bits per heavy atom. The third-order valence-electron chi connectivity index (χ3n) is 4.53. The van der Waals surface area contributed by atoms with Crippen LogP contribution in [-0.2, 0) is 5.41 Å². The van der Waals surface area contributed by atoms with Crippen LogP contribution < -0.4 is 9.47 Å².